The minimum Gasteiger partial charge on any atom is -0.437 e. The number of aromatic nitrogens is 2. The number of rotatable bonds is 5. The van der Waals surface area contributed by atoms with Crippen LogP contribution in [-0.4, -0.2) is 16.7 Å². The van der Waals surface area contributed by atoms with Crippen molar-refractivity contribution in [3.63, 3.8) is 0 Å². The Bertz CT molecular complexity index is 553. The van der Waals surface area contributed by atoms with Crippen LogP contribution < -0.4 is 10.1 Å². The molecule has 0 amide bonds. The zero-order valence-electron chi connectivity index (χ0n) is 11.3. The zero-order valence-corrected chi connectivity index (χ0v) is 12.1. The summed E-state index contributed by atoms with van der Waals surface area (Å²) in [7, 11) is 0. The molecule has 2 aromatic rings. The van der Waals surface area contributed by atoms with Crippen molar-refractivity contribution in [2.75, 3.05) is 6.54 Å². The lowest BCUT2D eigenvalue weighted by molar-refractivity contribution is 0.461. The molecule has 0 radical (unpaired) electrons. The lowest BCUT2D eigenvalue weighted by Crippen LogP contribution is -2.17. The van der Waals surface area contributed by atoms with Crippen molar-refractivity contribution in [2.45, 2.75) is 26.8 Å². The van der Waals surface area contributed by atoms with Gasteiger partial charge in [0.2, 0.25) is 5.88 Å². The van der Waals surface area contributed by atoms with E-state index in [1.54, 1.807) is 0 Å². The molecule has 1 atom stereocenters. The van der Waals surface area contributed by atoms with Crippen molar-refractivity contribution in [1.29, 1.82) is 0 Å². The van der Waals surface area contributed by atoms with Gasteiger partial charge in [0.05, 0.1) is 0 Å². The molecule has 5 heteroatoms. The third-order valence-corrected chi connectivity index (χ3v) is 3.18. The highest BCUT2D eigenvalue weighted by Gasteiger charge is 2.10. The molecule has 2 N–H and O–H groups in total. The summed E-state index contributed by atoms with van der Waals surface area (Å²) < 4.78 is 5.63. The Labute approximate surface area is 118 Å². The number of halogens is 1. The lowest BCUT2D eigenvalue weighted by Gasteiger charge is -2.15. The molecule has 1 aromatic heterocycles. The summed E-state index contributed by atoms with van der Waals surface area (Å²) in [4.78, 5) is 0. The first-order chi connectivity index (χ1) is 9.10. The van der Waals surface area contributed by atoms with E-state index < -0.39 is 0 Å². The molecule has 19 heavy (non-hydrogen) atoms. The maximum Gasteiger partial charge on any atom is 0.238 e. The van der Waals surface area contributed by atoms with Crippen LogP contribution in [0.3, 0.4) is 0 Å². The van der Waals surface area contributed by atoms with E-state index >= 15 is 0 Å². The van der Waals surface area contributed by atoms with Crippen LogP contribution in [0.1, 0.15) is 31.1 Å². The lowest BCUT2D eigenvalue weighted by atomic mass is 10.1. The fourth-order valence-electron chi connectivity index (χ4n) is 1.90. The number of nitrogens with zero attached hydrogens (tertiary/aromatic N) is 1. The minimum absolute atomic E-state index is 0.221. The SMILES string of the molecule is CCNC(C)c1ccc(Oc2cc(C)[nH]n2)cc1Cl. The van der Waals surface area contributed by atoms with E-state index in [9.17, 15) is 0 Å². The highest BCUT2D eigenvalue weighted by atomic mass is 35.5. The van der Waals surface area contributed by atoms with Crippen molar-refractivity contribution < 1.29 is 4.74 Å². The van der Waals surface area contributed by atoms with Crippen LogP contribution in [0.2, 0.25) is 5.02 Å². The summed E-state index contributed by atoms with van der Waals surface area (Å²) in [6.45, 7) is 6.99. The summed E-state index contributed by atoms with van der Waals surface area (Å²) in [6, 6.07) is 7.75. The zero-order chi connectivity index (χ0) is 13.8. The molecule has 0 spiro atoms. The first kappa shape index (κ1) is 13.9. The predicted molar refractivity (Wildman–Crippen MR) is 76.9 cm³/mol. The van der Waals surface area contributed by atoms with E-state index in [0.29, 0.717) is 16.7 Å². The van der Waals surface area contributed by atoms with Crippen molar-refractivity contribution in [1.82, 2.24) is 15.5 Å². The molecule has 102 valence electrons. The summed E-state index contributed by atoms with van der Waals surface area (Å²) in [6.07, 6.45) is 0. The number of hydrogen-bond acceptors (Lipinski definition) is 3. The normalized spacial score (nSPS) is 12.4. The van der Waals surface area contributed by atoms with E-state index in [1.165, 1.54) is 0 Å². The van der Waals surface area contributed by atoms with Crippen LogP contribution in [-0.2, 0) is 0 Å². The minimum atomic E-state index is 0.221. The van der Waals surface area contributed by atoms with E-state index in [1.807, 2.05) is 31.2 Å². The Balaban J connectivity index is 2.14. The largest absolute Gasteiger partial charge is 0.437 e. The van der Waals surface area contributed by atoms with E-state index in [4.69, 9.17) is 16.3 Å². The second-order valence-electron chi connectivity index (χ2n) is 4.45. The van der Waals surface area contributed by atoms with Gasteiger partial charge in [0.15, 0.2) is 0 Å². The van der Waals surface area contributed by atoms with Crippen LogP contribution >= 0.6 is 11.6 Å². The number of aromatic amines is 1. The Morgan fingerprint density at radius 1 is 1.42 bits per heavy atom. The molecule has 0 bridgehead atoms. The van der Waals surface area contributed by atoms with Gasteiger partial charge in [-0.2, -0.15) is 0 Å². The van der Waals surface area contributed by atoms with Gasteiger partial charge < -0.3 is 10.1 Å². The molecule has 1 unspecified atom stereocenters. The van der Waals surface area contributed by atoms with Gasteiger partial charge >= 0.3 is 0 Å². The van der Waals surface area contributed by atoms with E-state index in [2.05, 4.69) is 29.4 Å². The first-order valence-corrected chi connectivity index (χ1v) is 6.70. The maximum atomic E-state index is 6.28. The third-order valence-electron chi connectivity index (χ3n) is 2.85. The molecule has 0 fully saturated rings. The van der Waals surface area contributed by atoms with E-state index in [-0.39, 0.29) is 6.04 Å². The molecule has 2 rings (SSSR count). The maximum absolute atomic E-state index is 6.28. The van der Waals surface area contributed by atoms with Gasteiger partial charge in [0.25, 0.3) is 0 Å². The van der Waals surface area contributed by atoms with Crippen molar-refractivity contribution in [3.8, 4) is 11.6 Å². The monoisotopic (exact) mass is 279 g/mol. The fraction of sp³-hybridized carbons (Fsp3) is 0.357. The van der Waals surface area contributed by atoms with Gasteiger partial charge in [0.1, 0.15) is 5.75 Å². The van der Waals surface area contributed by atoms with Crippen LogP contribution in [0.5, 0.6) is 11.6 Å². The molecular formula is C14H18ClN3O. The van der Waals surface area contributed by atoms with Crippen LogP contribution in [0.25, 0.3) is 0 Å². The van der Waals surface area contributed by atoms with Crippen LogP contribution in [0.15, 0.2) is 24.3 Å². The second-order valence-corrected chi connectivity index (χ2v) is 4.86. The third kappa shape index (κ3) is 3.49. The quantitative estimate of drug-likeness (QED) is 0.874. The molecule has 1 aromatic carbocycles. The highest BCUT2D eigenvalue weighted by Crippen LogP contribution is 2.29. The molecule has 1 heterocycles. The van der Waals surface area contributed by atoms with E-state index in [0.717, 1.165) is 17.8 Å². The summed E-state index contributed by atoms with van der Waals surface area (Å²) >= 11 is 6.28. The van der Waals surface area contributed by atoms with Crippen molar-refractivity contribution >= 4 is 11.6 Å². The number of hydrogen-bond donors (Lipinski definition) is 2. The van der Waals surface area contributed by atoms with Gasteiger partial charge in [-0.25, -0.2) is 0 Å². The topological polar surface area (TPSA) is 49.9 Å². The smallest absolute Gasteiger partial charge is 0.238 e. The fourth-order valence-corrected chi connectivity index (χ4v) is 2.24. The average Bonchev–Trinajstić information content (AvgIpc) is 2.75. The Morgan fingerprint density at radius 2 is 2.21 bits per heavy atom. The molecule has 4 nitrogen and oxygen atoms in total. The Morgan fingerprint density at radius 3 is 2.79 bits per heavy atom. The summed E-state index contributed by atoms with van der Waals surface area (Å²) in [5.41, 5.74) is 2.02. The predicted octanol–water partition coefficient (Wildman–Crippen LogP) is 3.83. The second kappa shape index (κ2) is 6.08. The van der Waals surface area contributed by atoms with Crippen molar-refractivity contribution in [3.05, 3.63) is 40.5 Å². The molecular weight excluding hydrogens is 262 g/mol. The first-order valence-electron chi connectivity index (χ1n) is 6.33. The van der Waals surface area contributed by atoms with Crippen LogP contribution in [0, 0.1) is 6.92 Å². The standard InChI is InChI=1S/C14H18ClN3O/c1-4-16-10(3)12-6-5-11(8-13(12)15)19-14-7-9(2)17-18-14/h5-8,10,16H,4H2,1-3H3,(H,17,18). The van der Waals surface area contributed by atoms with Gasteiger partial charge in [-0.15, -0.1) is 5.10 Å². The number of H-pyrrole nitrogens is 1. The van der Waals surface area contributed by atoms with Gasteiger partial charge in [-0.1, -0.05) is 24.6 Å². The number of ether oxygens (including phenoxy) is 1. The van der Waals surface area contributed by atoms with Gasteiger partial charge in [-0.05, 0) is 38.1 Å². The van der Waals surface area contributed by atoms with Crippen molar-refractivity contribution in [2.24, 2.45) is 0 Å². The number of nitrogens with one attached hydrogen (secondary N) is 2. The van der Waals surface area contributed by atoms with Gasteiger partial charge in [0, 0.05) is 22.8 Å². The molecule has 0 saturated carbocycles. The molecule has 0 aliphatic rings. The Hall–Kier alpha value is -1.52. The number of aryl methyl sites for hydroxylation is 1. The summed E-state index contributed by atoms with van der Waals surface area (Å²) in [5, 5.41) is 10.9. The summed E-state index contributed by atoms with van der Waals surface area (Å²) in [5.74, 6) is 1.23. The van der Waals surface area contributed by atoms with Crippen LogP contribution in [0.4, 0.5) is 0 Å². The molecule has 0 saturated heterocycles. The Kier molecular flexibility index (Phi) is 4.45. The average molecular weight is 280 g/mol. The molecule has 0 aliphatic carbocycles. The molecule has 0 aliphatic heterocycles. The number of benzene rings is 1. The van der Waals surface area contributed by atoms with Gasteiger partial charge in [-0.3, -0.25) is 5.10 Å². The highest BCUT2D eigenvalue weighted by molar-refractivity contribution is 6.31.